The van der Waals surface area contributed by atoms with Gasteiger partial charge >= 0.3 is 5.97 Å². The fourth-order valence-corrected chi connectivity index (χ4v) is 0.300. The van der Waals surface area contributed by atoms with Crippen LogP contribution in [0.1, 0.15) is 19.8 Å². The highest BCUT2D eigenvalue weighted by Gasteiger charge is 2.18. The van der Waals surface area contributed by atoms with E-state index in [-0.39, 0.29) is 5.97 Å². The van der Waals surface area contributed by atoms with Crippen LogP contribution in [0.5, 0.6) is 0 Å². The molecule has 0 radical (unpaired) electrons. The zero-order chi connectivity index (χ0) is 7.98. The van der Waals surface area contributed by atoms with Crippen molar-refractivity contribution >= 4 is 5.97 Å². The molecule has 0 saturated heterocycles. The molecular weight excluding hydrogens is 132 g/mol. The lowest BCUT2D eigenvalue weighted by Gasteiger charge is -1.80. The fourth-order valence-electron chi connectivity index (χ4n) is 0.300. The second kappa shape index (κ2) is 5.23. The molecule has 0 spiro atoms. The molecule has 0 atom stereocenters. The van der Waals surface area contributed by atoms with Gasteiger partial charge in [0.1, 0.15) is 0 Å². The highest BCUT2D eigenvalue weighted by atomic mass is 16.5. The van der Waals surface area contributed by atoms with E-state index in [4.69, 9.17) is 5.11 Å². The number of carbonyl (C=O) groups is 1. The second-order valence-corrected chi connectivity index (χ2v) is 2.32. The number of aliphatic hydroxyl groups excluding tert-OH is 1. The van der Waals surface area contributed by atoms with Crippen LogP contribution in [0.25, 0.3) is 0 Å². The zero-order valence-electron chi connectivity index (χ0n) is 6.46. The fraction of sp³-hybridized carbons (Fsp3) is 0.857. The van der Waals surface area contributed by atoms with Crippen molar-refractivity contribution in [3.05, 3.63) is 0 Å². The number of hydrogen-bond donors (Lipinski definition) is 1. The summed E-state index contributed by atoms with van der Waals surface area (Å²) in [6, 6.07) is 0. The molecule has 10 heavy (non-hydrogen) atoms. The highest BCUT2D eigenvalue weighted by molar-refractivity contribution is 5.65. The number of rotatable bonds is 1. The summed E-state index contributed by atoms with van der Waals surface area (Å²) in [4.78, 5) is 9.59. The second-order valence-electron chi connectivity index (χ2n) is 2.32. The number of ether oxygens (including phenoxy) is 1. The summed E-state index contributed by atoms with van der Waals surface area (Å²) >= 11 is 0. The van der Waals surface area contributed by atoms with Crippen molar-refractivity contribution in [3.63, 3.8) is 0 Å². The largest absolute Gasteiger partial charge is 0.469 e. The molecule has 3 nitrogen and oxygen atoms in total. The van der Waals surface area contributed by atoms with Gasteiger partial charge in [0.05, 0.1) is 7.11 Å². The number of esters is 1. The van der Waals surface area contributed by atoms with E-state index in [2.05, 4.69) is 4.74 Å². The Bertz CT molecular complexity index is 97.0. The molecule has 60 valence electrons. The monoisotopic (exact) mass is 146 g/mol. The molecule has 0 aromatic rings. The van der Waals surface area contributed by atoms with Crippen LogP contribution in [0.2, 0.25) is 0 Å². The van der Waals surface area contributed by atoms with Crippen LogP contribution in [0.15, 0.2) is 0 Å². The lowest BCUT2D eigenvalue weighted by molar-refractivity contribution is -0.137. The summed E-state index contributed by atoms with van der Waals surface area (Å²) in [6.45, 7) is 1.78. The third-order valence-electron chi connectivity index (χ3n) is 1.24. The standard InChI is InChI=1S/C4H8O.C3H6O2/c5-3-4-1-2-4;1-3(4)5-2/h4-5H,1-3H2;1-2H3. The van der Waals surface area contributed by atoms with Gasteiger partial charge in [-0.15, -0.1) is 0 Å². The minimum absolute atomic E-state index is 0.245. The SMILES string of the molecule is COC(C)=O.OCC1CC1. The van der Waals surface area contributed by atoms with E-state index in [0.717, 1.165) is 0 Å². The van der Waals surface area contributed by atoms with Crippen molar-refractivity contribution in [2.45, 2.75) is 19.8 Å². The van der Waals surface area contributed by atoms with E-state index in [9.17, 15) is 4.79 Å². The summed E-state index contributed by atoms with van der Waals surface area (Å²) in [6.07, 6.45) is 2.52. The van der Waals surface area contributed by atoms with E-state index in [1.807, 2.05) is 0 Å². The van der Waals surface area contributed by atoms with Crippen molar-refractivity contribution in [1.29, 1.82) is 0 Å². The van der Waals surface area contributed by atoms with Gasteiger partial charge < -0.3 is 9.84 Å². The topological polar surface area (TPSA) is 46.5 Å². The van der Waals surface area contributed by atoms with Crippen molar-refractivity contribution in [2.75, 3.05) is 13.7 Å². The lowest BCUT2D eigenvalue weighted by atomic mass is 10.5. The molecule has 0 amide bonds. The quantitative estimate of drug-likeness (QED) is 0.550. The van der Waals surface area contributed by atoms with Crippen LogP contribution in [0, 0.1) is 5.92 Å². The van der Waals surface area contributed by atoms with E-state index >= 15 is 0 Å². The molecule has 0 bridgehead atoms. The van der Waals surface area contributed by atoms with E-state index in [1.165, 1.54) is 26.9 Å². The number of aliphatic hydroxyl groups is 1. The van der Waals surface area contributed by atoms with Gasteiger partial charge in [0.2, 0.25) is 0 Å². The van der Waals surface area contributed by atoms with E-state index < -0.39 is 0 Å². The smallest absolute Gasteiger partial charge is 0.302 e. The van der Waals surface area contributed by atoms with Gasteiger partial charge in [-0.05, 0) is 18.8 Å². The highest BCUT2D eigenvalue weighted by Crippen LogP contribution is 2.27. The Kier molecular flexibility index (Phi) is 4.94. The van der Waals surface area contributed by atoms with Crippen molar-refractivity contribution in [2.24, 2.45) is 5.92 Å². The molecular formula is C7H14O3. The van der Waals surface area contributed by atoms with Crippen LogP contribution in [-0.2, 0) is 9.53 Å². The molecule has 0 aromatic heterocycles. The Labute approximate surface area is 61.0 Å². The van der Waals surface area contributed by atoms with Gasteiger partial charge in [0.25, 0.3) is 0 Å². The summed E-state index contributed by atoms with van der Waals surface area (Å²) in [7, 11) is 1.35. The first kappa shape index (κ1) is 9.43. The average Bonchev–Trinajstić information content (AvgIpc) is 2.70. The van der Waals surface area contributed by atoms with Crippen molar-refractivity contribution < 1.29 is 14.6 Å². The normalized spacial score (nSPS) is 15.1. The predicted molar refractivity (Wildman–Crippen MR) is 37.5 cm³/mol. The minimum Gasteiger partial charge on any atom is -0.469 e. The maximum absolute atomic E-state index is 9.59. The first-order valence-corrected chi connectivity index (χ1v) is 3.36. The van der Waals surface area contributed by atoms with Crippen molar-refractivity contribution in [1.82, 2.24) is 0 Å². The molecule has 1 fully saturated rings. The summed E-state index contributed by atoms with van der Waals surface area (Å²) < 4.78 is 4.11. The van der Waals surface area contributed by atoms with Crippen LogP contribution in [0.4, 0.5) is 0 Å². The zero-order valence-corrected chi connectivity index (χ0v) is 6.46. The Morgan fingerprint density at radius 1 is 1.70 bits per heavy atom. The lowest BCUT2D eigenvalue weighted by Crippen LogP contribution is -1.88. The Hall–Kier alpha value is -0.570. The summed E-state index contributed by atoms with van der Waals surface area (Å²) in [5, 5.41) is 8.21. The van der Waals surface area contributed by atoms with Gasteiger partial charge in [-0.3, -0.25) is 4.79 Å². The first-order valence-electron chi connectivity index (χ1n) is 3.36. The number of hydrogen-bond acceptors (Lipinski definition) is 3. The summed E-state index contributed by atoms with van der Waals surface area (Å²) in [5.41, 5.74) is 0. The molecule has 0 aliphatic heterocycles. The third-order valence-corrected chi connectivity index (χ3v) is 1.24. The molecule has 0 aromatic carbocycles. The molecule has 0 unspecified atom stereocenters. The van der Waals surface area contributed by atoms with Crippen molar-refractivity contribution in [3.8, 4) is 0 Å². The third kappa shape index (κ3) is 7.43. The van der Waals surface area contributed by atoms with Gasteiger partial charge in [-0.25, -0.2) is 0 Å². The number of methoxy groups -OCH3 is 1. The molecule has 1 saturated carbocycles. The Morgan fingerprint density at radius 3 is 2.10 bits per heavy atom. The molecule has 1 aliphatic carbocycles. The van der Waals surface area contributed by atoms with Gasteiger partial charge in [-0.1, -0.05) is 0 Å². The maximum Gasteiger partial charge on any atom is 0.302 e. The van der Waals surface area contributed by atoms with Crippen LogP contribution in [-0.4, -0.2) is 24.8 Å². The maximum atomic E-state index is 9.59. The molecule has 1 aliphatic rings. The number of carbonyl (C=O) groups excluding carboxylic acids is 1. The van der Waals surface area contributed by atoms with Gasteiger partial charge in [0.15, 0.2) is 0 Å². The first-order chi connectivity index (χ1) is 4.70. The molecule has 0 heterocycles. The van der Waals surface area contributed by atoms with Crippen LogP contribution >= 0.6 is 0 Å². The van der Waals surface area contributed by atoms with Crippen LogP contribution in [0.3, 0.4) is 0 Å². The Morgan fingerprint density at radius 2 is 2.10 bits per heavy atom. The predicted octanol–water partition coefficient (Wildman–Crippen LogP) is 0.568. The average molecular weight is 146 g/mol. The molecule has 3 heteroatoms. The molecule has 1 rings (SSSR count). The molecule has 1 N–H and O–H groups in total. The minimum atomic E-state index is -0.245. The van der Waals surface area contributed by atoms with E-state index in [0.29, 0.717) is 12.5 Å². The van der Waals surface area contributed by atoms with Gasteiger partial charge in [-0.2, -0.15) is 0 Å². The Balaban J connectivity index is 0.000000162. The van der Waals surface area contributed by atoms with Gasteiger partial charge in [0, 0.05) is 13.5 Å². The summed E-state index contributed by atoms with van der Waals surface area (Å²) in [5.74, 6) is 0.444. The van der Waals surface area contributed by atoms with Crippen LogP contribution < -0.4 is 0 Å². The van der Waals surface area contributed by atoms with E-state index in [1.54, 1.807) is 0 Å².